The van der Waals surface area contributed by atoms with E-state index in [0.29, 0.717) is 0 Å². The van der Waals surface area contributed by atoms with Crippen LogP contribution < -0.4 is 10.6 Å². The van der Waals surface area contributed by atoms with E-state index >= 15 is 0 Å². The summed E-state index contributed by atoms with van der Waals surface area (Å²) < 4.78 is 15.8. The van der Waals surface area contributed by atoms with Gasteiger partial charge in [0.05, 0.1) is 0 Å². The number of hydrogen-bond acceptors (Lipinski definition) is 7. The average molecular weight is 581 g/mol. The van der Waals surface area contributed by atoms with Crippen molar-refractivity contribution in [3.05, 3.63) is 144 Å². The highest BCUT2D eigenvalue weighted by molar-refractivity contribution is 5.93. The highest BCUT2D eigenvalue weighted by Gasteiger charge is 2.30. The summed E-state index contributed by atoms with van der Waals surface area (Å²) >= 11 is 0. The van der Waals surface area contributed by atoms with E-state index in [9.17, 15) is 19.2 Å². The topological polar surface area (TPSA) is 120 Å². The number of hydrogen-bond donors (Lipinski definition) is 2. The van der Waals surface area contributed by atoms with Crippen LogP contribution in [0.4, 0.5) is 9.59 Å². The largest absolute Gasteiger partial charge is 0.445 e. The van der Waals surface area contributed by atoms with E-state index in [1.54, 1.807) is 72.8 Å². The number of carbonyl (C=O) groups is 4. The molecule has 0 spiro atoms. The standard InChI is InChI=1S/C34H32N2O7/c37-31(29(21-25-13-5-1-6-14-25)35-33(39)41-23-27-17-9-3-10-18-27)43-32(38)30(22-26-15-7-2-8-16-26)36-34(40)42-24-28-19-11-4-12-20-28/h1-20,29-30H,21-24H2,(H,35,39)(H,36,40). The first-order valence-electron chi connectivity index (χ1n) is 13.7. The fourth-order valence-electron chi connectivity index (χ4n) is 4.14. The molecule has 0 aromatic heterocycles. The second kappa shape index (κ2) is 16.1. The molecule has 4 aromatic carbocycles. The van der Waals surface area contributed by atoms with Gasteiger partial charge in [-0.2, -0.15) is 0 Å². The number of carbonyl (C=O) groups excluding carboxylic acids is 4. The van der Waals surface area contributed by atoms with E-state index in [2.05, 4.69) is 10.6 Å². The van der Waals surface area contributed by atoms with Crippen LogP contribution in [0.5, 0.6) is 0 Å². The molecule has 220 valence electrons. The predicted octanol–water partition coefficient (Wildman–Crippen LogP) is 5.13. The van der Waals surface area contributed by atoms with Gasteiger partial charge in [-0.25, -0.2) is 19.2 Å². The van der Waals surface area contributed by atoms with E-state index in [1.165, 1.54) is 0 Å². The van der Waals surface area contributed by atoms with Gasteiger partial charge >= 0.3 is 24.1 Å². The van der Waals surface area contributed by atoms with E-state index in [-0.39, 0.29) is 26.1 Å². The summed E-state index contributed by atoms with van der Waals surface area (Å²) in [5.41, 5.74) is 2.99. The Morgan fingerprint density at radius 3 is 1.09 bits per heavy atom. The Balaban J connectivity index is 1.43. The number of benzene rings is 4. The van der Waals surface area contributed by atoms with Gasteiger partial charge in [0.15, 0.2) is 0 Å². The smallest absolute Gasteiger partial charge is 0.408 e. The third kappa shape index (κ3) is 10.5. The lowest BCUT2D eigenvalue weighted by Gasteiger charge is -2.20. The lowest BCUT2D eigenvalue weighted by atomic mass is 10.1. The first-order chi connectivity index (χ1) is 21.0. The van der Waals surface area contributed by atoms with E-state index in [4.69, 9.17) is 14.2 Å². The molecule has 0 bridgehead atoms. The molecule has 4 aromatic rings. The van der Waals surface area contributed by atoms with Gasteiger partial charge in [0.25, 0.3) is 0 Å². The van der Waals surface area contributed by atoms with Crippen LogP contribution in [-0.2, 0) is 49.9 Å². The van der Waals surface area contributed by atoms with E-state index < -0.39 is 36.2 Å². The zero-order valence-electron chi connectivity index (χ0n) is 23.4. The van der Waals surface area contributed by atoms with Gasteiger partial charge in [-0.1, -0.05) is 121 Å². The Bertz CT molecular complexity index is 1350. The molecular weight excluding hydrogens is 548 g/mol. The molecule has 43 heavy (non-hydrogen) atoms. The average Bonchev–Trinajstić information content (AvgIpc) is 3.04. The first kappa shape index (κ1) is 30.5. The van der Waals surface area contributed by atoms with Gasteiger partial charge in [0.1, 0.15) is 25.3 Å². The van der Waals surface area contributed by atoms with Crippen molar-refractivity contribution in [1.82, 2.24) is 10.6 Å². The number of amides is 2. The van der Waals surface area contributed by atoms with Crippen molar-refractivity contribution in [2.24, 2.45) is 0 Å². The maximum absolute atomic E-state index is 13.3. The zero-order chi connectivity index (χ0) is 30.3. The molecule has 0 heterocycles. The Morgan fingerprint density at radius 1 is 0.465 bits per heavy atom. The predicted molar refractivity (Wildman–Crippen MR) is 158 cm³/mol. The van der Waals surface area contributed by atoms with Crippen LogP contribution >= 0.6 is 0 Å². The van der Waals surface area contributed by atoms with Gasteiger partial charge < -0.3 is 24.8 Å². The molecule has 0 radical (unpaired) electrons. The van der Waals surface area contributed by atoms with Gasteiger partial charge in [-0.3, -0.25) is 0 Å². The summed E-state index contributed by atoms with van der Waals surface area (Å²) in [6.07, 6.45) is -1.61. The van der Waals surface area contributed by atoms with Crippen LogP contribution in [0.1, 0.15) is 22.3 Å². The summed E-state index contributed by atoms with van der Waals surface area (Å²) in [5.74, 6) is -1.99. The maximum Gasteiger partial charge on any atom is 0.408 e. The SMILES string of the molecule is O=C(NC(Cc1ccccc1)C(=O)OC(=O)C(Cc1ccccc1)NC(=O)OCc1ccccc1)OCc1ccccc1. The fraction of sp³-hybridized carbons (Fsp3) is 0.176. The lowest BCUT2D eigenvalue weighted by molar-refractivity contribution is -0.162. The van der Waals surface area contributed by atoms with E-state index in [1.807, 2.05) is 48.5 Å². The van der Waals surface area contributed by atoms with Gasteiger partial charge in [-0.05, 0) is 22.3 Å². The highest BCUT2D eigenvalue weighted by atomic mass is 16.6. The third-order valence-corrected chi connectivity index (χ3v) is 6.35. The number of nitrogens with one attached hydrogen (secondary N) is 2. The molecule has 9 nitrogen and oxygen atoms in total. The molecule has 2 N–H and O–H groups in total. The molecule has 0 aliphatic heterocycles. The monoisotopic (exact) mass is 580 g/mol. The van der Waals surface area contributed by atoms with Crippen LogP contribution in [-0.4, -0.2) is 36.2 Å². The number of esters is 2. The number of ether oxygens (including phenoxy) is 3. The molecule has 2 atom stereocenters. The van der Waals surface area contributed by atoms with Crippen molar-refractivity contribution in [2.45, 2.75) is 38.1 Å². The minimum atomic E-state index is -1.24. The molecule has 9 heteroatoms. The Kier molecular flexibility index (Phi) is 11.4. The zero-order valence-corrected chi connectivity index (χ0v) is 23.4. The second-order valence-electron chi connectivity index (χ2n) is 9.64. The molecule has 0 aliphatic rings. The number of rotatable bonds is 12. The van der Waals surface area contributed by atoms with Crippen molar-refractivity contribution in [3.63, 3.8) is 0 Å². The quantitative estimate of drug-likeness (QED) is 0.135. The molecule has 4 rings (SSSR count). The van der Waals surface area contributed by atoms with Crippen LogP contribution in [0, 0.1) is 0 Å². The van der Waals surface area contributed by atoms with Crippen molar-refractivity contribution in [3.8, 4) is 0 Å². The van der Waals surface area contributed by atoms with Gasteiger partial charge in [-0.15, -0.1) is 0 Å². The van der Waals surface area contributed by atoms with Crippen LogP contribution in [0.25, 0.3) is 0 Å². The summed E-state index contributed by atoms with van der Waals surface area (Å²) in [4.78, 5) is 51.8. The van der Waals surface area contributed by atoms with Crippen LogP contribution in [0.3, 0.4) is 0 Å². The molecular formula is C34H32N2O7. The Morgan fingerprint density at radius 2 is 0.767 bits per heavy atom. The fourth-order valence-corrected chi connectivity index (χ4v) is 4.14. The van der Waals surface area contributed by atoms with Gasteiger partial charge in [0.2, 0.25) is 0 Å². The maximum atomic E-state index is 13.3. The van der Waals surface area contributed by atoms with Crippen LogP contribution in [0.2, 0.25) is 0 Å². The van der Waals surface area contributed by atoms with Crippen molar-refractivity contribution in [1.29, 1.82) is 0 Å². The van der Waals surface area contributed by atoms with E-state index in [0.717, 1.165) is 22.3 Å². The van der Waals surface area contributed by atoms with Crippen molar-refractivity contribution >= 4 is 24.1 Å². The minimum absolute atomic E-state index is 0.00707. The third-order valence-electron chi connectivity index (χ3n) is 6.35. The molecule has 0 saturated heterocycles. The molecule has 0 fully saturated rings. The number of alkyl carbamates (subject to hydrolysis) is 2. The molecule has 2 amide bonds. The minimum Gasteiger partial charge on any atom is -0.445 e. The summed E-state index contributed by atoms with van der Waals surface area (Å²) in [7, 11) is 0. The lowest BCUT2D eigenvalue weighted by Crippen LogP contribution is -2.48. The Hall–Kier alpha value is -5.44. The second-order valence-corrected chi connectivity index (χ2v) is 9.64. The molecule has 0 aliphatic carbocycles. The molecule has 0 saturated carbocycles. The summed E-state index contributed by atoms with van der Waals surface area (Å²) in [6.45, 7) is -0.0141. The summed E-state index contributed by atoms with van der Waals surface area (Å²) in [6, 6.07) is 33.6. The molecule has 2 unspecified atom stereocenters. The van der Waals surface area contributed by atoms with Crippen LogP contribution in [0.15, 0.2) is 121 Å². The van der Waals surface area contributed by atoms with Crippen molar-refractivity contribution in [2.75, 3.05) is 0 Å². The first-order valence-corrected chi connectivity index (χ1v) is 13.7. The normalized spacial score (nSPS) is 11.8. The summed E-state index contributed by atoms with van der Waals surface area (Å²) in [5, 5.41) is 5.02. The Labute approximate surface area is 249 Å². The highest BCUT2D eigenvalue weighted by Crippen LogP contribution is 2.10. The van der Waals surface area contributed by atoms with Crippen molar-refractivity contribution < 1.29 is 33.4 Å². The van der Waals surface area contributed by atoms with Gasteiger partial charge in [0, 0.05) is 12.8 Å².